The van der Waals surface area contributed by atoms with Crippen LogP contribution in [0, 0.1) is 6.92 Å². The van der Waals surface area contributed by atoms with Gasteiger partial charge in [0.15, 0.2) is 0 Å². The van der Waals surface area contributed by atoms with E-state index in [0.29, 0.717) is 27.1 Å². The molecule has 2 aromatic carbocycles. The van der Waals surface area contributed by atoms with Crippen molar-refractivity contribution in [3.63, 3.8) is 0 Å². The third-order valence-corrected chi connectivity index (χ3v) is 4.21. The predicted octanol–water partition coefficient (Wildman–Crippen LogP) is 5.43. The van der Waals surface area contributed by atoms with E-state index in [4.69, 9.17) is 32.4 Å². The van der Waals surface area contributed by atoms with E-state index < -0.39 is 18.0 Å². The minimum Gasteiger partial charge on any atom is -0.469 e. The van der Waals surface area contributed by atoms with Crippen LogP contribution >= 0.6 is 23.2 Å². The average Bonchev–Trinajstić information content (AvgIpc) is 3.05. The summed E-state index contributed by atoms with van der Waals surface area (Å²) in [7, 11) is 0. The highest BCUT2D eigenvalue weighted by Crippen LogP contribution is 2.26. The summed E-state index contributed by atoms with van der Waals surface area (Å²) in [6, 6.07) is 14.9. The minimum atomic E-state index is -1.16. The molecule has 0 aliphatic rings. The Morgan fingerprint density at radius 2 is 1.70 bits per heavy atom. The number of rotatable bonds is 5. The number of benzene rings is 2. The second-order valence-corrected chi connectivity index (χ2v) is 6.61. The number of furan rings is 1. The number of ether oxygens (including phenoxy) is 1. The first-order valence-corrected chi connectivity index (χ1v) is 8.76. The highest BCUT2D eigenvalue weighted by atomic mass is 35.5. The predicted molar refractivity (Wildman–Crippen MR) is 103 cm³/mol. The van der Waals surface area contributed by atoms with Gasteiger partial charge in [-0.3, -0.25) is 4.79 Å². The van der Waals surface area contributed by atoms with Crippen molar-refractivity contribution in [2.24, 2.45) is 0 Å². The molecular weight excluding hydrogens is 389 g/mol. The van der Waals surface area contributed by atoms with Crippen molar-refractivity contribution in [1.82, 2.24) is 0 Å². The molecular formula is C20H15Cl2NO4. The zero-order chi connectivity index (χ0) is 19.4. The number of hydrogen-bond donors (Lipinski definition) is 1. The zero-order valence-corrected chi connectivity index (χ0v) is 15.8. The highest BCUT2D eigenvalue weighted by Gasteiger charge is 2.27. The first kappa shape index (κ1) is 19.0. The molecule has 3 rings (SSSR count). The first-order valence-electron chi connectivity index (χ1n) is 8.01. The fourth-order valence-electron chi connectivity index (χ4n) is 2.50. The maximum Gasteiger partial charge on any atom is 0.342 e. The molecule has 1 amide bonds. The molecule has 0 spiro atoms. The Morgan fingerprint density at radius 3 is 2.30 bits per heavy atom. The van der Waals surface area contributed by atoms with Crippen LogP contribution in [0.4, 0.5) is 5.69 Å². The van der Waals surface area contributed by atoms with Gasteiger partial charge in [-0.2, -0.15) is 0 Å². The maximum absolute atomic E-state index is 12.8. The van der Waals surface area contributed by atoms with E-state index in [0.717, 1.165) is 0 Å². The Morgan fingerprint density at radius 1 is 1.04 bits per heavy atom. The monoisotopic (exact) mass is 403 g/mol. The molecule has 0 saturated carbocycles. The summed E-state index contributed by atoms with van der Waals surface area (Å²) in [5.41, 5.74) is 1.18. The van der Waals surface area contributed by atoms with E-state index in [1.165, 1.54) is 12.3 Å². The molecule has 0 saturated heterocycles. The molecule has 0 radical (unpaired) electrons. The lowest BCUT2D eigenvalue weighted by molar-refractivity contribution is -0.125. The summed E-state index contributed by atoms with van der Waals surface area (Å²) in [5, 5.41) is 3.43. The Bertz CT molecular complexity index is 949. The second kappa shape index (κ2) is 8.29. The lowest BCUT2D eigenvalue weighted by Crippen LogP contribution is -2.26. The van der Waals surface area contributed by atoms with Crippen LogP contribution in [0.25, 0.3) is 0 Å². The van der Waals surface area contributed by atoms with Gasteiger partial charge >= 0.3 is 5.97 Å². The van der Waals surface area contributed by atoms with E-state index in [2.05, 4.69) is 5.32 Å². The van der Waals surface area contributed by atoms with Gasteiger partial charge in [0.25, 0.3) is 5.91 Å². The molecule has 5 nitrogen and oxygen atoms in total. The summed E-state index contributed by atoms with van der Waals surface area (Å²) < 4.78 is 10.6. The zero-order valence-electron chi connectivity index (χ0n) is 14.2. The summed E-state index contributed by atoms with van der Waals surface area (Å²) >= 11 is 11.9. The van der Waals surface area contributed by atoms with Gasteiger partial charge < -0.3 is 14.5 Å². The summed E-state index contributed by atoms with van der Waals surface area (Å²) in [4.78, 5) is 25.3. The van der Waals surface area contributed by atoms with Gasteiger partial charge in [0.2, 0.25) is 6.10 Å². The molecule has 0 unspecified atom stereocenters. The maximum atomic E-state index is 12.8. The van der Waals surface area contributed by atoms with Crippen LogP contribution < -0.4 is 5.32 Å². The quantitative estimate of drug-likeness (QED) is 0.576. The highest BCUT2D eigenvalue weighted by molar-refractivity contribution is 6.35. The number of nitrogens with one attached hydrogen (secondary N) is 1. The number of carbonyl (C=O) groups excluding carboxylic acids is 2. The minimum absolute atomic E-state index is 0.259. The smallest absolute Gasteiger partial charge is 0.342 e. The van der Waals surface area contributed by atoms with Crippen molar-refractivity contribution >= 4 is 40.8 Å². The third-order valence-electron chi connectivity index (χ3n) is 3.77. The molecule has 0 bridgehead atoms. The molecule has 0 aliphatic carbocycles. The number of aryl methyl sites for hydroxylation is 1. The number of halogens is 2. The number of anilines is 1. The van der Waals surface area contributed by atoms with Crippen molar-refractivity contribution in [3.8, 4) is 0 Å². The van der Waals surface area contributed by atoms with Gasteiger partial charge in [0, 0.05) is 21.3 Å². The lowest BCUT2D eigenvalue weighted by atomic mass is 10.1. The molecule has 1 heterocycles. The lowest BCUT2D eigenvalue weighted by Gasteiger charge is -2.18. The van der Waals surface area contributed by atoms with E-state index in [9.17, 15) is 9.59 Å². The largest absolute Gasteiger partial charge is 0.469 e. The van der Waals surface area contributed by atoms with Crippen molar-refractivity contribution in [3.05, 3.63) is 87.8 Å². The number of hydrogen-bond acceptors (Lipinski definition) is 4. The molecule has 1 N–H and O–H groups in total. The summed E-state index contributed by atoms with van der Waals surface area (Å²) in [5.74, 6) is -0.780. The van der Waals surface area contributed by atoms with Crippen molar-refractivity contribution in [1.29, 1.82) is 0 Å². The number of esters is 1. The van der Waals surface area contributed by atoms with Crippen molar-refractivity contribution < 1.29 is 18.7 Å². The fourth-order valence-corrected chi connectivity index (χ4v) is 3.03. The molecule has 1 atom stereocenters. The molecule has 138 valence electrons. The Labute approximate surface area is 165 Å². The van der Waals surface area contributed by atoms with Crippen LogP contribution in [-0.4, -0.2) is 11.9 Å². The molecule has 0 aliphatic heterocycles. The molecule has 1 aromatic heterocycles. The normalized spacial score (nSPS) is 11.7. The second-order valence-electron chi connectivity index (χ2n) is 5.73. The molecule has 7 heteroatoms. The van der Waals surface area contributed by atoms with Crippen LogP contribution in [0.5, 0.6) is 0 Å². The first-order chi connectivity index (χ1) is 12.9. The average molecular weight is 404 g/mol. The van der Waals surface area contributed by atoms with Crippen LogP contribution in [0.3, 0.4) is 0 Å². The molecule has 27 heavy (non-hydrogen) atoms. The van der Waals surface area contributed by atoms with Crippen molar-refractivity contribution in [2.75, 3.05) is 5.32 Å². The van der Waals surface area contributed by atoms with E-state index in [1.807, 2.05) is 0 Å². The van der Waals surface area contributed by atoms with Gasteiger partial charge in [0.1, 0.15) is 11.3 Å². The van der Waals surface area contributed by atoms with Crippen LogP contribution in [0.1, 0.15) is 27.8 Å². The molecule has 3 aromatic rings. The van der Waals surface area contributed by atoms with Crippen LogP contribution in [0.15, 0.2) is 65.3 Å². The van der Waals surface area contributed by atoms with Gasteiger partial charge in [-0.05, 0) is 31.2 Å². The standard InChI is InChI=1S/C20H15Cl2NO4/c1-12-17(7-8-26-12)20(25)27-18(13-5-3-2-4-6-13)19(24)23-16-10-14(21)9-15(22)11-16/h2-11,18H,1H3,(H,23,24)/t18-/m0/s1. The Hall–Kier alpha value is -2.76. The summed E-state index contributed by atoms with van der Waals surface area (Å²) in [6.45, 7) is 1.64. The van der Waals surface area contributed by atoms with Gasteiger partial charge in [-0.15, -0.1) is 0 Å². The van der Waals surface area contributed by atoms with E-state index in [-0.39, 0.29) is 5.56 Å². The van der Waals surface area contributed by atoms with Gasteiger partial charge in [-0.1, -0.05) is 53.5 Å². The SMILES string of the molecule is Cc1occc1C(=O)O[C@H](C(=O)Nc1cc(Cl)cc(Cl)c1)c1ccccc1. The van der Waals surface area contributed by atoms with Crippen LogP contribution in [-0.2, 0) is 9.53 Å². The van der Waals surface area contributed by atoms with E-state index >= 15 is 0 Å². The third kappa shape index (κ3) is 4.70. The molecule has 0 fully saturated rings. The van der Waals surface area contributed by atoms with Gasteiger partial charge in [0.05, 0.1) is 6.26 Å². The van der Waals surface area contributed by atoms with Gasteiger partial charge in [-0.25, -0.2) is 4.79 Å². The van der Waals surface area contributed by atoms with Crippen molar-refractivity contribution in [2.45, 2.75) is 13.0 Å². The Balaban J connectivity index is 1.86. The summed E-state index contributed by atoms with van der Waals surface area (Å²) in [6.07, 6.45) is 0.225. The van der Waals surface area contributed by atoms with E-state index in [1.54, 1.807) is 55.5 Å². The Kier molecular flexibility index (Phi) is 5.84. The fraction of sp³-hybridized carbons (Fsp3) is 0.100. The van der Waals surface area contributed by atoms with Crippen LogP contribution in [0.2, 0.25) is 10.0 Å². The number of amides is 1. The number of carbonyl (C=O) groups is 2. The topological polar surface area (TPSA) is 68.5 Å².